The van der Waals surface area contributed by atoms with E-state index in [1.807, 2.05) is 18.8 Å². The van der Waals surface area contributed by atoms with Gasteiger partial charge in [0.15, 0.2) is 0 Å². The Bertz CT molecular complexity index is 411. The molecule has 4 heteroatoms. The van der Waals surface area contributed by atoms with Crippen molar-refractivity contribution in [3.05, 3.63) is 29.6 Å². The number of halogens is 1. The molecular weight excluding hydrogens is 247 g/mol. The topological polar surface area (TPSA) is 15.3 Å². The predicted octanol–water partition coefficient (Wildman–Crippen LogP) is 2.88. The van der Waals surface area contributed by atoms with E-state index in [9.17, 15) is 4.39 Å². The molecule has 1 N–H and O–H groups in total. The van der Waals surface area contributed by atoms with E-state index >= 15 is 0 Å². The molecule has 1 aliphatic heterocycles. The number of hydrogen-bond donors (Lipinski definition) is 1. The van der Waals surface area contributed by atoms with Crippen LogP contribution < -0.4 is 10.2 Å². The fourth-order valence-corrected chi connectivity index (χ4v) is 3.50. The van der Waals surface area contributed by atoms with E-state index in [-0.39, 0.29) is 5.82 Å². The SMILES string of the molecule is CNCc1cc(F)cc(N2CCSC(C)C2C)c1. The van der Waals surface area contributed by atoms with Gasteiger partial charge in [0.2, 0.25) is 0 Å². The number of nitrogens with zero attached hydrogens (tertiary/aromatic N) is 1. The van der Waals surface area contributed by atoms with Crippen LogP contribution in [0.4, 0.5) is 10.1 Å². The maximum atomic E-state index is 13.7. The van der Waals surface area contributed by atoms with Crippen molar-refractivity contribution >= 4 is 17.4 Å². The Balaban J connectivity index is 2.26. The molecular formula is C14H21FN2S. The average Bonchev–Trinajstić information content (AvgIpc) is 2.32. The van der Waals surface area contributed by atoms with Crippen molar-refractivity contribution in [2.24, 2.45) is 0 Å². The highest BCUT2D eigenvalue weighted by Gasteiger charge is 2.25. The van der Waals surface area contributed by atoms with Crippen LogP contribution in [0.2, 0.25) is 0 Å². The van der Waals surface area contributed by atoms with E-state index in [0.717, 1.165) is 23.5 Å². The monoisotopic (exact) mass is 268 g/mol. The van der Waals surface area contributed by atoms with Gasteiger partial charge in [-0.2, -0.15) is 11.8 Å². The van der Waals surface area contributed by atoms with Crippen LogP contribution in [0.3, 0.4) is 0 Å². The first-order valence-corrected chi connectivity index (χ1v) is 7.49. The van der Waals surface area contributed by atoms with E-state index < -0.39 is 0 Å². The minimum Gasteiger partial charge on any atom is -0.367 e. The van der Waals surface area contributed by atoms with Crippen LogP contribution in [0.15, 0.2) is 18.2 Å². The molecule has 0 saturated carbocycles. The van der Waals surface area contributed by atoms with E-state index in [4.69, 9.17) is 0 Å². The first-order valence-electron chi connectivity index (χ1n) is 6.44. The van der Waals surface area contributed by atoms with Crippen molar-refractivity contribution in [1.29, 1.82) is 0 Å². The fourth-order valence-electron chi connectivity index (χ4n) is 2.40. The molecule has 0 aliphatic carbocycles. The van der Waals surface area contributed by atoms with Crippen LogP contribution in [-0.2, 0) is 6.54 Å². The number of benzene rings is 1. The van der Waals surface area contributed by atoms with Gasteiger partial charge in [-0.3, -0.25) is 0 Å². The highest BCUT2D eigenvalue weighted by Crippen LogP contribution is 2.30. The summed E-state index contributed by atoms with van der Waals surface area (Å²) < 4.78 is 13.7. The van der Waals surface area contributed by atoms with Crippen LogP contribution in [0, 0.1) is 5.82 Å². The lowest BCUT2D eigenvalue weighted by atomic mass is 10.1. The Morgan fingerprint density at radius 1 is 1.39 bits per heavy atom. The quantitative estimate of drug-likeness (QED) is 0.907. The summed E-state index contributed by atoms with van der Waals surface area (Å²) in [7, 11) is 1.88. The van der Waals surface area contributed by atoms with Gasteiger partial charge >= 0.3 is 0 Å². The molecule has 0 spiro atoms. The van der Waals surface area contributed by atoms with E-state index in [0.29, 0.717) is 17.8 Å². The summed E-state index contributed by atoms with van der Waals surface area (Å²) in [6.45, 7) is 6.17. The lowest BCUT2D eigenvalue weighted by Crippen LogP contribution is -2.44. The standard InChI is InChI=1S/C14H21FN2S/c1-10-11(2)18-5-4-17(10)14-7-12(9-16-3)6-13(15)8-14/h6-8,10-11,16H,4-5,9H2,1-3H3. The Kier molecular flexibility index (Phi) is 4.51. The Morgan fingerprint density at radius 2 is 2.17 bits per heavy atom. The highest BCUT2D eigenvalue weighted by molar-refractivity contribution is 8.00. The molecule has 1 saturated heterocycles. The van der Waals surface area contributed by atoms with E-state index in [1.165, 1.54) is 0 Å². The van der Waals surface area contributed by atoms with Crippen molar-refractivity contribution in [3.8, 4) is 0 Å². The fraction of sp³-hybridized carbons (Fsp3) is 0.571. The lowest BCUT2D eigenvalue weighted by molar-refractivity contribution is 0.607. The number of hydrogen-bond acceptors (Lipinski definition) is 3. The predicted molar refractivity (Wildman–Crippen MR) is 77.9 cm³/mol. The molecule has 1 aromatic rings. The molecule has 100 valence electrons. The van der Waals surface area contributed by atoms with Crippen molar-refractivity contribution in [1.82, 2.24) is 5.32 Å². The zero-order valence-corrected chi connectivity index (χ0v) is 12.1. The van der Waals surface area contributed by atoms with Crippen molar-refractivity contribution < 1.29 is 4.39 Å². The van der Waals surface area contributed by atoms with Crippen LogP contribution in [0.5, 0.6) is 0 Å². The molecule has 0 amide bonds. The molecule has 2 nitrogen and oxygen atoms in total. The maximum Gasteiger partial charge on any atom is 0.125 e. The molecule has 2 rings (SSSR count). The second-order valence-corrected chi connectivity index (χ2v) is 6.34. The van der Waals surface area contributed by atoms with Crippen LogP contribution >= 0.6 is 11.8 Å². The van der Waals surface area contributed by atoms with Crippen molar-refractivity contribution in [2.75, 3.05) is 24.2 Å². The molecule has 1 aliphatic rings. The summed E-state index contributed by atoms with van der Waals surface area (Å²) in [6, 6.07) is 5.80. The van der Waals surface area contributed by atoms with Gasteiger partial charge in [0.05, 0.1) is 0 Å². The first-order chi connectivity index (χ1) is 8.61. The van der Waals surface area contributed by atoms with Gasteiger partial charge in [-0.15, -0.1) is 0 Å². The van der Waals surface area contributed by atoms with E-state index in [2.05, 4.69) is 30.1 Å². The minimum absolute atomic E-state index is 0.143. The summed E-state index contributed by atoms with van der Waals surface area (Å²) in [6.07, 6.45) is 0. The largest absolute Gasteiger partial charge is 0.367 e. The second-order valence-electron chi connectivity index (χ2n) is 4.86. The third kappa shape index (κ3) is 2.98. The van der Waals surface area contributed by atoms with Gasteiger partial charge in [0, 0.05) is 35.8 Å². The summed E-state index contributed by atoms with van der Waals surface area (Å²) in [5, 5.41) is 3.66. The molecule has 1 aromatic carbocycles. The van der Waals surface area contributed by atoms with Crippen LogP contribution in [-0.4, -0.2) is 30.6 Å². The average molecular weight is 268 g/mol. The normalized spacial score (nSPS) is 24.3. The third-order valence-electron chi connectivity index (χ3n) is 3.54. The molecule has 0 radical (unpaired) electrons. The van der Waals surface area contributed by atoms with E-state index in [1.54, 1.807) is 12.1 Å². The molecule has 18 heavy (non-hydrogen) atoms. The second kappa shape index (κ2) is 5.93. The third-order valence-corrected chi connectivity index (χ3v) is 4.88. The molecule has 2 atom stereocenters. The number of nitrogens with one attached hydrogen (secondary N) is 1. The van der Waals surface area contributed by atoms with Gasteiger partial charge < -0.3 is 10.2 Å². The first kappa shape index (κ1) is 13.7. The molecule has 2 unspecified atom stereocenters. The summed E-state index contributed by atoms with van der Waals surface area (Å²) in [5.41, 5.74) is 2.02. The van der Waals surface area contributed by atoms with Crippen molar-refractivity contribution in [2.45, 2.75) is 31.7 Å². The zero-order valence-electron chi connectivity index (χ0n) is 11.2. The highest BCUT2D eigenvalue weighted by atomic mass is 32.2. The van der Waals surface area contributed by atoms with Gasteiger partial charge in [0.1, 0.15) is 5.82 Å². The Hall–Kier alpha value is -0.740. The molecule has 1 heterocycles. The molecule has 0 bridgehead atoms. The molecule has 1 fully saturated rings. The summed E-state index contributed by atoms with van der Waals surface area (Å²) in [5.74, 6) is 0.972. The Morgan fingerprint density at radius 3 is 2.89 bits per heavy atom. The van der Waals surface area contributed by atoms with Gasteiger partial charge in [0.25, 0.3) is 0 Å². The minimum atomic E-state index is -0.143. The number of rotatable bonds is 3. The van der Waals surface area contributed by atoms with Gasteiger partial charge in [-0.05, 0) is 37.7 Å². The number of anilines is 1. The zero-order chi connectivity index (χ0) is 13.1. The van der Waals surface area contributed by atoms with Crippen LogP contribution in [0.25, 0.3) is 0 Å². The van der Waals surface area contributed by atoms with Crippen LogP contribution in [0.1, 0.15) is 19.4 Å². The van der Waals surface area contributed by atoms with Gasteiger partial charge in [-0.1, -0.05) is 6.92 Å². The number of thioether (sulfide) groups is 1. The van der Waals surface area contributed by atoms with Crippen molar-refractivity contribution in [3.63, 3.8) is 0 Å². The smallest absolute Gasteiger partial charge is 0.125 e. The molecule has 0 aromatic heterocycles. The van der Waals surface area contributed by atoms with Gasteiger partial charge in [-0.25, -0.2) is 4.39 Å². The summed E-state index contributed by atoms with van der Waals surface area (Å²) in [4.78, 5) is 2.32. The maximum absolute atomic E-state index is 13.7. The lowest BCUT2D eigenvalue weighted by Gasteiger charge is -2.39. The Labute approximate surface area is 113 Å². The summed E-state index contributed by atoms with van der Waals surface area (Å²) >= 11 is 2.00.